The minimum Gasteiger partial charge on any atom is -0.512 e. The van der Waals surface area contributed by atoms with Gasteiger partial charge >= 0.3 is 17.1 Å². The summed E-state index contributed by atoms with van der Waals surface area (Å²) < 4.78 is 0. The van der Waals surface area contributed by atoms with Crippen molar-refractivity contribution in [2.45, 2.75) is 0 Å². The normalized spacial score (nSPS) is 0.667. The standard InChI is InChI=1S/5CN.Fe.H3N.2Na.H2O/c5*1-2;;;;;/h;;;;;;1H3;;;1H2/q5*-1;+5;;;;. The maximum Gasteiger partial charge on any atom is 5.00 e. The Morgan fingerprint density at radius 1 is 0.467 bits per heavy atom. The molecule has 0 aliphatic carbocycles. The summed E-state index contributed by atoms with van der Waals surface area (Å²) in [5, 5.41) is 31.2. The fourth-order valence-electron chi connectivity index (χ4n) is 0. The summed E-state index contributed by atoms with van der Waals surface area (Å²) in [7, 11) is 0. The summed E-state index contributed by atoms with van der Waals surface area (Å²) in [6.45, 7) is 23.8. The number of rotatable bonds is 0. The van der Waals surface area contributed by atoms with E-state index in [1.807, 2.05) is 0 Å². The zero-order chi connectivity index (χ0) is 10.0. The van der Waals surface area contributed by atoms with Crippen LogP contribution in [0.4, 0.5) is 0 Å². The molecule has 0 aromatic rings. The van der Waals surface area contributed by atoms with Crippen LogP contribution in [0, 0.1) is 59.2 Å². The molecule has 10 heteroatoms. The van der Waals surface area contributed by atoms with Gasteiger partial charge in [-0.2, -0.15) is 0 Å². The Kier molecular flexibility index (Phi) is 1510000. The van der Waals surface area contributed by atoms with Crippen LogP contribution in [0.15, 0.2) is 0 Å². The van der Waals surface area contributed by atoms with Crippen molar-refractivity contribution in [3.63, 3.8) is 0 Å². The van der Waals surface area contributed by atoms with E-state index in [1.54, 1.807) is 0 Å². The first kappa shape index (κ1) is 120. The third-order valence-corrected chi connectivity index (χ3v) is 0. The van der Waals surface area contributed by atoms with Gasteiger partial charge in [0.2, 0.25) is 0 Å². The van der Waals surface area contributed by atoms with E-state index in [4.69, 9.17) is 59.2 Å². The Morgan fingerprint density at radius 2 is 0.467 bits per heavy atom. The molecule has 7 nitrogen and oxygen atoms in total. The minimum absolute atomic E-state index is 0. The van der Waals surface area contributed by atoms with Gasteiger partial charge in [0.1, 0.15) is 0 Å². The van der Waals surface area contributed by atoms with E-state index in [0.29, 0.717) is 0 Å². The summed E-state index contributed by atoms with van der Waals surface area (Å²) in [6.07, 6.45) is 0. The molecule has 0 bridgehead atoms. The van der Waals surface area contributed by atoms with Gasteiger partial charge in [0.25, 0.3) is 0 Å². The third kappa shape index (κ3) is 161000. The Morgan fingerprint density at radius 3 is 0.467 bits per heavy atom. The fourth-order valence-corrected chi connectivity index (χ4v) is 0. The van der Waals surface area contributed by atoms with Crippen molar-refractivity contribution in [3.8, 4) is 0 Å². The van der Waals surface area contributed by atoms with E-state index in [2.05, 4.69) is 0 Å². The van der Waals surface area contributed by atoms with Crippen LogP contribution >= 0.6 is 0 Å². The summed E-state index contributed by atoms with van der Waals surface area (Å²) in [5.74, 6) is 0. The van der Waals surface area contributed by atoms with Crippen LogP contribution in [0.2, 0.25) is 0 Å². The zero-order valence-corrected chi connectivity index (χ0v) is 13.4. The molecule has 0 fully saturated rings. The Balaban J connectivity index is -0.00000000240. The molecule has 71 valence electrons. The van der Waals surface area contributed by atoms with Gasteiger partial charge in [0.05, 0.1) is 0 Å². The average Bonchev–Trinajstić information content (AvgIpc) is 2.20. The summed E-state index contributed by atoms with van der Waals surface area (Å²) in [4.78, 5) is 0. The van der Waals surface area contributed by atoms with E-state index in [1.165, 1.54) is 0 Å². The van der Waals surface area contributed by atoms with Crippen LogP contribution < -0.4 is 6.15 Å². The van der Waals surface area contributed by atoms with Crippen molar-refractivity contribution in [2.75, 3.05) is 0 Å². The molecule has 0 aliphatic heterocycles. The maximum absolute atomic E-state index is 6.25. The molecule has 3 radical (unpaired) electrons. The Hall–Kier alpha value is -0.111. The Labute approximate surface area is 145 Å². The van der Waals surface area contributed by atoms with Gasteiger partial charge in [0.15, 0.2) is 0 Å². The van der Waals surface area contributed by atoms with Crippen LogP contribution in [0.1, 0.15) is 0 Å². The second kappa shape index (κ2) is 189000. The van der Waals surface area contributed by atoms with Gasteiger partial charge in [0, 0.05) is 59.1 Å². The van der Waals surface area contributed by atoms with Crippen molar-refractivity contribution in [2.24, 2.45) is 0 Å². The molecule has 0 heterocycles. The zero-order valence-electron chi connectivity index (χ0n) is 8.30. The molecule has 0 spiro atoms. The van der Waals surface area contributed by atoms with Crippen LogP contribution in [0.25, 0.3) is 0 Å². The predicted molar refractivity (Wildman–Crippen MR) is 45.0 cm³/mol. The van der Waals surface area contributed by atoms with Crippen molar-refractivity contribution in [3.05, 3.63) is 32.9 Å². The third-order valence-electron chi connectivity index (χ3n) is 0. The molecule has 5 N–H and O–H groups in total. The first-order valence-corrected chi connectivity index (χ1v) is 1.12. The first-order valence-electron chi connectivity index (χ1n) is 1.12. The van der Waals surface area contributed by atoms with Gasteiger partial charge < -0.3 is 70.8 Å². The van der Waals surface area contributed by atoms with Gasteiger partial charge in [-0.1, -0.05) is 0 Å². The first-order chi connectivity index (χ1) is 5.00. The molecule has 0 saturated heterocycles. The average molecular weight is 267 g/mol. The van der Waals surface area contributed by atoms with Crippen LogP contribution in [0.5, 0.6) is 0 Å². The van der Waals surface area contributed by atoms with Gasteiger partial charge in [-0.15, -0.1) is 0 Å². The fraction of sp³-hybridized carbons (Fsp3) is 0. The van der Waals surface area contributed by atoms with Crippen LogP contribution in [-0.4, -0.2) is 64.6 Å². The second-order valence-corrected chi connectivity index (χ2v) is 0. The summed E-state index contributed by atoms with van der Waals surface area (Å²) in [6, 6.07) is 0. The maximum atomic E-state index is 6.25. The predicted octanol–water partition coefficient (Wildman–Crippen LogP) is -0.945. The number of hydrogen-bond donors (Lipinski definition) is 1. The molecule has 0 aromatic heterocycles. The van der Waals surface area contributed by atoms with Crippen LogP contribution in [0.3, 0.4) is 0 Å². The van der Waals surface area contributed by atoms with E-state index < -0.39 is 0 Å². The monoisotopic (exact) mass is 267 g/mol. The molecular weight excluding hydrogens is 262 g/mol. The molecule has 0 saturated carbocycles. The summed E-state index contributed by atoms with van der Waals surface area (Å²) in [5.41, 5.74) is 0. The molecule has 0 amide bonds. The number of nitrogens with zero attached hydrogens (tertiary/aromatic N) is 5. The molecular formula is C5H5FeN6Na2O. The van der Waals surface area contributed by atoms with Crippen molar-refractivity contribution in [1.29, 1.82) is 26.3 Å². The van der Waals surface area contributed by atoms with E-state index >= 15 is 0 Å². The summed E-state index contributed by atoms with van der Waals surface area (Å²) >= 11 is 0. The largest absolute Gasteiger partial charge is 5.00 e. The van der Waals surface area contributed by atoms with Crippen molar-refractivity contribution >= 4 is 59.1 Å². The van der Waals surface area contributed by atoms with Gasteiger partial charge in [-0.25, -0.2) is 0 Å². The molecule has 0 unspecified atom stereocenters. The van der Waals surface area contributed by atoms with E-state index in [-0.39, 0.29) is 87.8 Å². The van der Waals surface area contributed by atoms with Crippen molar-refractivity contribution in [1.82, 2.24) is 6.15 Å². The van der Waals surface area contributed by atoms with Crippen molar-refractivity contribution < 1.29 is 22.5 Å². The number of hydrogen-bond acceptors (Lipinski definition) is 6. The quantitative estimate of drug-likeness (QED) is 0.435. The topological polar surface area (TPSA) is 185 Å². The smallest absolute Gasteiger partial charge is 0.512 e. The van der Waals surface area contributed by atoms with Gasteiger partial charge in [-0.05, 0) is 0 Å². The van der Waals surface area contributed by atoms with Crippen LogP contribution in [-0.2, 0) is 17.1 Å². The molecule has 0 aromatic carbocycles. The SMILES string of the molecule is N.O.[C-]#N.[C-]#N.[C-]#N.[C-]#N.[C-]#N.[Fe+5].[Na].[Na]. The molecule has 0 atom stereocenters. The Bertz CT molecular complexity index is 88.1. The van der Waals surface area contributed by atoms with Gasteiger partial charge in [-0.3, -0.25) is 0 Å². The molecule has 15 heavy (non-hydrogen) atoms. The minimum atomic E-state index is 0. The molecule has 0 aliphatic rings. The molecule has 0 rings (SSSR count). The van der Waals surface area contributed by atoms with E-state index in [9.17, 15) is 0 Å². The second-order valence-electron chi connectivity index (χ2n) is 0. The van der Waals surface area contributed by atoms with E-state index in [0.717, 1.165) is 0 Å².